The van der Waals surface area contributed by atoms with E-state index in [4.69, 9.17) is 15.6 Å². The molecule has 0 heterocycles. The molecule has 5 nitrogen and oxygen atoms in total. The van der Waals surface area contributed by atoms with E-state index in [2.05, 4.69) is 51.3 Å². The number of carboxylic acid groups (broad SMARTS) is 1. The zero-order chi connectivity index (χ0) is 24.8. The van der Waals surface area contributed by atoms with Crippen LogP contribution in [-0.4, -0.2) is 39.7 Å². The number of thiol groups is 2. The molecular formula is C25H49NO4S2. The molecule has 3 N–H and O–H groups in total. The minimum absolute atomic E-state index is 0.0777. The lowest BCUT2D eigenvalue weighted by Crippen LogP contribution is -2.31. The molecule has 0 aliphatic heterocycles. The Bertz CT molecular complexity index is 493. The summed E-state index contributed by atoms with van der Waals surface area (Å²) in [6.07, 6.45) is 19.2. The quantitative estimate of drug-likeness (QED) is 0.0750. The monoisotopic (exact) mass is 491 g/mol. The van der Waals surface area contributed by atoms with Crippen molar-refractivity contribution in [1.82, 2.24) is 0 Å². The smallest absolute Gasteiger partial charge is 0.321 e. The first-order valence-electron chi connectivity index (χ1n) is 12.2. The number of esters is 1. The average molecular weight is 492 g/mol. The van der Waals surface area contributed by atoms with Gasteiger partial charge in [0.25, 0.3) is 0 Å². The molecule has 0 aromatic heterocycles. The van der Waals surface area contributed by atoms with Gasteiger partial charge < -0.3 is 15.6 Å². The average Bonchev–Trinajstić information content (AvgIpc) is 2.71. The standard InChI is InChI=1S/C22H42O2S.C3H7NO2S/c1-5-7-9-11-13-15-17-20(18-16-14-12-10-8-6-2)24-21(23)19-22(3,4)25;4-2(1-7)3(5)6/h9,11,20,25H,5-8,10,12-19H2,1-4H3;2,7H,1,4H2,(H,5,6)/b11-9+;/t;2-/m.0/s1. The molecule has 0 bridgehead atoms. The van der Waals surface area contributed by atoms with E-state index in [0.717, 1.165) is 38.5 Å². The molecular weight excluding hydrogens is 442 g/mol. The molecule has 0 aromatic rings. The molecule has 2 atom stereocenters. The van der Waals surface area contributed by atoms with Crippen molar-refractivity contribution >= 4 is 37.2 Å². The van der Waals surface area contributed by atoms with Gasteiger partial charge in [0.2, 0.25) is 0 Å². The van der Waals surface area contributed by atoms with Crippen LogP contribution in [0.1, 0.15) is 111 Å². The van der Waals surface area contributed by atoms with Crippen LogP contribution in [0.2, 0.25) is 0 Å². The number of rotatable bonds is 18. The van der Waals surface area contributed by atoms with Crippen molar-refractivity contribution < 1.29 is 19.4 Å². The summed E-state index contributed by atoms with van der Waals surface area (Å²) in [5.74, 6) is -0.914. The Morgan fingerprint density at radius 3 is 2.03 bits per heavy atom. The Hall–Kier alpha value is -0.660. The number of hydrogen-bond acceptors (Lipinski definition) is 6. The fraction of sp³-hybridized carbons (Fsp3) is 0.840. The van der Waals surface area contributed by atoms with Gasteiger partial charge in [-0.25, -0.2) is 0 Å². The summed E-state index contributed by atoms with van der Waals surface area (Å²) in [6, 6.07) is -0.816. The van der Waals surface area contributed by atoms with Crippen LogP contribution in [0.25, 0.3) is 0 Å². The van der Waals surface area contributed by atoms with E-state index in [1.54, 1.807) is 0 Å². The lowest BCUT2D eigenvalue weighted by Gasteiger charge is -2.21. The predicted octanol–water partition coefficient (Wildman–Crippen LogP) is 6.60. The number of hydrogen-bond donors (Lipinski definition) is 4. The third kappa shape index (κ3) is 25.6. The van der Waals surface area contributed by atoms with Crippen molar-refractivity contribution in [3.05, 3.63) is 12.2 Å². The minimum atomic E-state index is -1.00. The molecule has 0 saturated carbocycles. The van der Waals surface area contributed by atoms with Crippen LogP contribution in [0.4, 0.5) is 0 Å². The van der Waals surface area contributed by atoms with Gasteiger partial charge in [0.1, 0.15) is 12.1 Å². The molecule has 0 fully saturated rings. The summed E-state index contributed by atoms with van der Waals surface area (Å²) in [7, 11) is 0. The zero-order valence-electron chi connectivity index (χ0n) is 20.9. The number of aliphatic carboxylic acids is 1. The molecule has 190 valence electrons. The normalized spacial score (nSPS) is 13.3. The highest BCUT2D eigenvalue weighted by molar-refractivity contribution is 7.81. The number of unbranched alkanes of at least 4 members (excludes halogenated alkanes) is 7. The number of ether oxygens (including phenoxy) is 1. The molecule has 0 amide bonds. The van der Waals surface area contributed by atoms with Crippen LogP contribution in [0.3, 0.4) is 0 Å². The van der Waals surface area contributed by atoms with E-state index in [-0.39, 0.29) is 22.6 Å². The zero-order valence-corrected chi connectivity index (χ0v) is 22.6. The van der Waals surface area contributed by atoms with E-state index in [9.17, 15) is 9.59 Å². The molecule has 0 radical (unpaired) electrons. The summed E-state index contributed by atoms with van der Waals surface area (Å²) in [5, 5.41) is 8.01. The van der Waals surface area contributed by atoms with Crippen molar-refractivity contribution in [2.75, 3.05) is 5.75 Å². The molecule has 32 heavy (non-hydrogen) atoms. The van der Waals surface area contributed by atoms with Gasteiger partial charge in [-0.1, -0.05) is 78.4 Å². The highest BCUT2D eigenvalue weighted by atomic mass is 32.1. The second kappa shape index (κ2) is 22.1. The first-order chi connectivity index (χ1) is 15.1. The largest absolute Gasteiger partial charge is 0.480 e. The molecule has 1 unspecified atom stereocenters. The molecule has 0 spiro atoms. The third-order valence-corrected chi connectivity index (χ3v) is 5.34. The van der Waals surface area contributed by atoms with E-state index >= 15 is 0 Å². The highest BCUT2D eigenvalue weighted by Crippen LogP contribution is 2.21. The van der Waals surface area contributed by atoms with Crippen molar-refractivity contribution in [1.29, 1.82) is 0 Å². The first kappa shape index (κ1) is 33.5. The van der Waals surface area contributed by atoms with Gasteiger partial charge in [0.15, 0.2) is 0 Å². The Labute approximate surface area is 208 Å². The second-order valence-electron chi connectivity index (χ2n) is 8.98. The summed E-state index contributed by atoms with van der Waals surface area (Å²) >= 11 is 8.09. The van der Waals surface area contributed by atoms with Gasteiger partial charge in [-0.05, 0) is 38.5 Å². The Balaban J connectivity index is 0. The lowest BCUT2D eigenvalue weighted by atomic mass is 10.0. The molecule has 0 saturated heterocycles. The molecule has 0 aromatic carbocycles. The summed E-state index contributed by atoms with van der Waals surface area (Å²) in [6.45, 7) is 8.36. The van der Waals surface area contributed by atoms with Crippen LogP contribution < -0.4 is 5.73 Å². The fourth-order valence-electron chi connectivity index (χ4n) is 2.94. The van der Waals surface area contributed by atoms with Gasteiger partial charge in [-0.3, -0.25) is 9.59 Å². The maximum atomic E-state index is 12.1. The van der Waals surface area contributed by atoms with Crippen molar-refractivity contribution in [2.45, 2.75) is 128 Å². The Morgan fingerprint density at radius 2 is 1.53 bits per heavy atom. The molecule has 0 rings (SSSR count). The van der Waals surface area contributed by atoms with Crippen LogP contribution in [-0.2, 0) is 14.3 Å². The van der Waals surface area contributed by atoms with Gasteiger partial charge in [0.05, 0.1) is 6.42 Å². The van der Waals surface area contributed by atoms with E-state index in [1.807, 2.05) is 13.8 Å². The van der Waals surface area contributed by atoms with Gasteiger partial charge in [0, 0.05) is 10.5 Å². The third-order valence-electron chi connectivity index (χ3n) is 4.79. The predicted molar refractivity (Wildman–Crippen MR) is 143 cm³/mol. The number of carbonyl (C=O) groups is 2. The molecule has 0 aliphatic carbocycles. The summed E-state index contributed by atoms with van der Waals surface area (Å²) in [5.41, 5.74) is 4.94. The number of carbonyl (C=O) groups excluding carboxylic acids is 1. The molecule has 0 aliphatic rings. The van der Waals surface area contributed by atoms with Crippen molar-refractivity contribution in [3.63, 3.8) is 0 Å². The van der Waals surface area contributed by atoms with Crippen LogP contribution in [0.15, 0.2) is 12.2 Å². The topological polar surface area (TPSA) is 89.6 Å². The second-order valence-corrected chi connectivity index (χ2v) is 10.6. The number of carboxylic acids is 1. The van der Waals surface area contributed by atoms with Gasteiger partial charge in [-0.15, -0.1) is 0 Å². The summed E-state index contributed by atoms with van der Waals surface area (Å²) < 4.78 is 5.47. The van der Waals surface area contributed by atoms with E-state index < -0.39 is 12.0 Å². The summed E-state index contributed by atoms with van der Waals surface area (Å²) in [4.78, 5) is 21.9. The maximum Gasteiger partial charge on any atom is 0.321 e. The maximum absolute atomic E-state index is 12.1. The minimum Gasteiger partial charge on any atom is -0.480 e. The Kier molecular flexibility index (Phi) is 23.2. The van der Waals surface area contributed by atoms with Crippen molar-refractivity contribution in [3.8, 4) is 0 Å². The van der Waals surface area contributed by atoms with Gasteiger partial charge in [-0.2, -0.15) is 25.3 Å². The fourth-order valence-corrected chi connectivity index (χ4v) is 3.22. The van der Waals surface area contributed by atoms with Gasteiger partial charge >= 0.3 is 11.9 Å². The van der Waals surface area contributed by atoms with Crippen LogP contribution in [0, 0.1) is 0 Å². The number of nitrogens with two attached hydrogens (primary N) is 1. The first-order valence-corrected chi connectivity index (χ1v) is 13.3. The lowest BCUT2D eigenvalue weighted by molar-refractivity contribution is -0.150. The highest BCUT2D eigenvalue weighted by Gasteiger charge is 2.21. The van der Waals surface area contributed by atoms with E-state index in [1.165, 1.54) is 38.5 Å². The van der Waals surface area contributed by atoms with Crippen LogP contribution in [0.5, 0.6) is 0 Å². The van der Waals surface area contributed by atoms with Crippen LogP contribution >= 0.6 is 25.3 Å². The molecule has 7 heteroatoms. The van der Waals surface area contributed by atoms with E-state index in [0.29, 0.717) is 6.42 Å². The SMILES string of the molecule is CCC/C=C/CCCC(CCCCCCCC)OC(=O)CC(C)(C)S.N[C@@H](CS)C(=O)O. The number of allylic oxidation sites excluding steroid dienone is 2. The van der Waals surface area contributed by atoms with Crippen molar-refractivity contribution in [2.24, 2.45) is 5.73 Å². The Morgan fingerprint density at radius 1 is 0.969 bits per heavy atom.